The molecule has 0 bridgehead atoms. The van der Waals surface area contributed by atoms with Crippen LogP contribution in [0.5, 0.6) is 0 Å². The zero-order valence-corrected chi connectivity index (χ0v) is 16.4. The van der Waals surface area contributed by atoms with Crippen LogP contribution in [-0.4, -0.2) is 35.4 Å². The van der Waals surface area contributed by atoms with Crippen LogP contribution in [0.2, 0.25) is 0 Å². The highest BCUT2D eigenvalue weighted by atomic mass is 19.4. The van der Waals surface area contributed by atoms with Gasteiger partial charge in [0.05, 0.1) is 17.9 Å². The van der Waals surface area contributed by atoms with Crippen molar-refractivity contribution in [1.82, 2.24) is 15.1 Å². The molecule has 1 unspecified atom stereocenters. The number of carbonyl (C=O) groups is 1. The van der Waals surface area contributed by atoms with E-state index in [0.717, 1.165) is 31.5 Å². The number of aromatic nitrogens is 2. The fraction of sp³-hybridized carbons (Fsp3) is 0.600. The van der Waals surface area contributed by atoms with E-state index >= 15 is 0 Å². The third kappa shape index (κ3) is 3.68. The van der Waals surface area contributed by atoms with Gasteiger partial charge in [-0.2, -0.15) is 18.3 Å². The van der Waals surface area contributed by atoms with Gasteiger partial charge >= 0.3 is 12.1 Å². The van der Waals surface area contributed by atoms with Crippen molar-refractivity contribution in [3.8, 4) is 11.3 Å². The predicted molar refractivity (Wildman–Crippen MR) is 98.6 cm³/mol. The summed E-state index contributed by atoms with van der Waals surface area (Å²) in [4.78, 5) is 12.1. The van der Waals surface area contributed by atoms with Crippen molar-refractivity contribution in [3.05, 3.63) is 28.8 Å². The van der Waals surface area contributed by atoms with E-state index in [4.69, 9.17) is 9.15 Å². The molecule has 1 aliphatic carbocycles. The molecule has 1 saturated heterocycles. The molecule has 2 aromatic heterocycles. The van der Waals surface area contributed by atoms with Gasteiger partial charge in [0.2, 0.25) is 5.76 Å². The maximum absolute atomic E-state index is 13.9. The molecule has 158 valence electrons. The van der Waals surface area contributed by atoms with Gasteiger partial charge in [-0.3, -0.25) is 4.68 Å². The van der Waals surface area contributed by atoms with E-state index in [1.807, 2.05) is 13.1 Å². The smallest absolute Gasteiger partial charge is 0.421 e. The zero-order chi connectivity index (χ0) is 20.8. The highest BCUT2D eigenvalue weighted by molar-refractivity contribution is 5.92. The fourth-order valence-electron chi connectivity index (χ4n) is 4.29. The van der Waals surface area contributed by atoms with Gasteiger partial charge in [0.15, 0.2) is 0 Å². The zero-order valence-electron chi connectivity index (χ0n) is 16.4. The number of nitrogens with zero attached hydrogens (tertiary/aromatic N) is 2. The van der Waals surface area contributed by atoms with Crippen LogP contribution in [0, 0.1) is 5.92 Å². The van der Waals surface area contributed by atoms with Crippen molar-refractivity contribution >= 4 is 5.97 Å². The van der Waals surface area contributed by atoms with E-state index in [1.54, 1.807) is 4.68 Å². The Balaban J connectivity index is 1.78. The van der Waals surface area contributed by atoms with Crippen LogP contribution in [0.25, 0.3) is 11.3 Å². The maximum Gasteiger partial charge on any atom is 0.421 e. The van der Waals surface area contributed by atoms with Crippen LogP contribution in [-0.2, 0) is 23.9 Å². The molecule has 1 atom stereocenters. The van der Waals surface area contributed by atoms with Crippen molar-refractivity contribution in [2.45, 2.75) is 51.7 Å². The number of hydrogen-bond acceptors (Lipinski definition) is 5. The molecule has 4 rings (SSSR count). The van der Waals surface area contributed by atoms with Crippen LogP contribution in [0.1, 0.15) is 60.0 Å². The van der Waals surface area contributed by atoms with Gasteiger partial charge in [-0.15, -0.1) is 0 Å². The molecule has 1 aliphatic heterocycles. The number of fused-ring (bicyclic) bond motifs is 3. The fourth-order valence-corrected chi connectivity index (χ4v) is 4.29. The Morgan fingerprint density at radius 1 is 1.38 bits per heavy atom. The van der Waals surface area contributed by atoms with Crippen molar-refractivity contribution in [1.29, 1.82) is 0 Å². The quantitative estimate of drug-likeness (QED) is 0.771. The summed E-state index contributed by atoms with van der Waals surface area (Å²) in [7, 11) is 0. The number of ether oxygens (including phenoxy) is 1. The molecule has 1 fully saturated rings. The second kappa shape index (κ2) is 7.51. The number of halogens is 3. The molecule has 9 heteroatoms. The number of rotatable bonds is 4. The van der Waals surface area contributed by atoms with Crippen molar-refractivity contribution in [2.24, 2.45) is 5.92 Å². The summed E-state index contributed by atoms with van der Waals surface area (Å²) in [5.41, 5.74) is -0.170. The summed E-state index contributed by atoms with van der Waals surface area (Å²) in [6, 6.07) is 0. The largest absolute Gasteiger partial charge is 0.460 e. The van der Waals surface area contributed by atoms with E-state index in [-0.39, 0.29) is 36.0 Å². The summed E-state index contributed by atoms with van der Waals surface area (Å²) < 4.78 is 53.8. The third-order valence-corrected chi connectivity index (χ3v) is 5.68. The van der Waals surface area contributed by atoms with Gasteiger partial charge in [0.25, 0.3) is 0 Å². The summed E-state index contributed by atoms with van der Waals surface area (Å²) in [5.74, 6) is -1.35. The van der Waals surface area contributed by atoms with Crippen LogP contribution in [0.15, 0.2) is 10.6 Å². The summed E-state index contributed by atoms with van der Waals surface area (Å²) >= 11 is 0. The van der Waals surface area contributed by atoms with E-state index in [1.165, 1.54) is 6.92 Å². The van der Waals surface area contributed by atoms with Crippen LogP contribution < -0.4 is 5.32 Å². The number of esters is 1. The van der Waals surface area contributed by atoms with Crippen molar-refractivity contribution in [2.75, 3.05) is 19.7 Å². The van der Waals surface area contributed by atoms with Gasteiger partial charge in [0.1, 0.15) is 11.3 Å². The second-order valence-electron chi connectivity index (χ2n) is 7.78. The Morgan fingerprint density at radius 2 is 2.10 bits per heavy atom. The lowest BCUT2D eigenvalue weighted by Crippen LogP contribution is -2.30. The van der Waals surface area contributed by atoms with Gasteiger partial charge in [0, 0.05) is 24.7 Å². The van der Waals surface area contributed by atoms with Crippen LogP contribution in [0.3, 0.4) is 0 Å². The minimum atomic E-state index is -4.75. The minimum Gasteiger partial charge on any atom is -0.460 e. The van der Waals surface area contributed by atoms with Gasteiger partial charge in [-0.25, -0.2) is 4.79 Å². The van der Waals surface area contributed by atoms with Crippen molar-refractivity contribution < 1.29 is 27.1 Å². The highest BCUT2D eigenvalue weighted by Crippen LogP contribution is 2.48. The molecule has 1 N–H and O–H groups in total. The van der Waals surface area contributed by atoms with Crippen LogP contribution >= 0.6 is 0 Å². The standard InChI is InChI=1S/C20H24F3N3O3/c1-3-28-19(27)18-16(20(21,22)23)15-14(29-18)8-11(2)13-10-26(25-17(13)15)9-12-4-6-24-7-5-12/h10-12,24H,3-9H2,1-2H3. The lowest BCUT2D eigenvalue weighted by molar-refractivity contribution is -0.138. The number of nitrogens with one attached hydrogen (secondary N) is 1. The summed E-state index contributed by atoms with van der Waals surface area (Å²) in [5, 5.41) is 7.82. The van der Waals surface area contributed by atoms with E-state index in [9.17, 15) is 18.0 Å². The van der Waals surface area contributed by atoms with Gasteiger partial charge in [-0.1, -0.05) is 6.92 Å². The maximum atomic E-state index is 13.9. The normalized spacial score (nSPS) is 19.7. The number of furan rings is 1. The molecular weight excluding hydrogens is 387 g/mol. The molecule has 29 heavy (non-hydrogen) atoms. The van der Waals surface area contributed by atoms with Gasteiger partial charge < -0.3 is 14.5 Å². The molecular formula is C20H24F3N3O3. The molecule has 2 aliphatic rings. The lowest BCUT2D eigenvalue weighted by atomic mass is 9.86. The number of hydrogen-bond donors (Lipinski definition) is 1. The lowest BCUT2D eigenvalue weighted by Gasteiger charge is -2.22. The number of alkyl halides is 3. The average Bonchev–Trinajstić information content (AvgIpc) is 3.24. The molecule has 0 spiro atoms. The van der Waals surface area contributed by atoms with Crippen LogP contribution in [0.4, 0.5) is 13.2 Å². The van der Waals surface area contributed by atoms with Crippen molar-refractivity contribution in [3.63, 3.8) is 0 Å². The first kappa shape index (κ1) is 20.0. The van der Waals surface area contributed by atoms with Gasteiger partial charge in [-0.05, 0) is 44.7 Å². The molecule has 0 radical (unpaired) electrons. The first-order valence-electron chi connectivity index (χ1n) is 9.98. The predicted octanol–water partition coefficient (Wildman–Crippen LogP) is 4.00. The minimum absolute atomic E-state index is 0.0337. The SMILES string of the molecule is CCOC(=O)c1oc2c(c1C(F)(F)F)-c1nn(CC3CCNCC3)cc1C(C)C2. The molecule has 0 saturated carbocycles. The Kier molecular flexibility index (Phi) is 5.18. The molecule has 0 amide bonds. The first-order valence-corrected chi connectivity index (χ1v) is 9.98. The monoisotopic (exact) mass is 411 g/mol. The molecule has 6 nitrogen and oxygen atoms in total. The van der Waals surface area contributed by atoms with E-state index in [0.29, 0.717) is 12.5 Å². The molecule has 2 aromatic rings. The summed E-state index contributed by atoms with van der Waals surface area (Å²) in [6.45, 7) is 5.98. The Morgan fingerprint density at radius 3 is 2.76 bits per heavy atom. The molecule has 0 aromatic carbocycles. The first-order chi connectivity index (χ1) is 13.8. The third-order valence-electron chi connectivity index (χ3n) is 5.68. The average molecular weight is 411 g/mol. The molecule has 3 heterocycles. The van der Waals surface area contributed by atoms with E-state index < -0.39 is 23.5 Å². The Bertz CT molecular complexity index is 910. The number of piperidine rings is 1. The summed E-state index contributed by atoms with van der Waals surface area (Å²) in [6.07, 6.45) is -0.600. The second-order valence-corrected chi connectivity index (χ2v) is 7.78. The number of carbonyl (C=O) groups excluding carboxylic acids is 1. The van der Waals surface area contributed by atoms with E-state index in [2.05, 4.69) is 10.4 Å². The Labute approximate surface area is 166 Å². The Hall–Kier alpha value is -2.29. The highest BCUT2D eigenvalue weighted by Gasteiger charge is 2.46. The topological polar surface area (TPSA) is 69.3 Å².